The molecule has 8 heteroatoms. The number of hydrogen-bond acceptors (Lipinski definition) is 6. The highest BCUT2D eigenvalue weighted by molar-refractivity contribution is 7.14. The first-order chi connectivity index (χ1) is 12.5. The van der Waals surface area contributed by atoms with Gasteiger partial charge in [-0.2, -0.15) is 0 Å². The molecule has 3 aromatic heterocycles. The van der Waals surface area contributed by atoms with Gasteiger partial charge in [0, 0.05) is 18.4 Å². The number of amides is 2. The molecule has 0 saturated heterocycles. The molecule has 0 aliphatic carbocycles. The highest BCUT2D eigenvalue weighted by Gasteiger charge is 2.10. The number of rotatable bonds is 6. The molecule has 0 fully saturated rings. The number of thiazole rings is 1. The third-order valence-electron chi connectivity index (χ3n) is 3.32. The van der Waals surface area contributed by atoms with Crippen LogP contribution in [-0.2, 0) is 16.1 Å². The Bertz CT molecular complexity index is 951. The molecule has 2 amide bonds. The van der Waals surface area contributed by atoms with Gasteiger partial charge in [-0.25, -0.2) is 4.98 Å². The number of carbonyl (C=O) groups excluding carboxylic acids is 2. The number of nitrogens with zero attached hydrogens (tertiary/aromatic N) is 1. The lowest BCUT2D eigenvalue weighted by Gasteiger charge is -1.97. The highest BCUT2D eigenvalue weighted by Crippen LogP contribution is 2.26. The van der Waals surface area contributed by atoms with E-state index < -0.39 is 0 Å². The van der Waals surface area contributed by atoms with E-state index in [1.54, 1.807) is 29.7 Å². The second-order valence-electron chi connectivity index (χ2n) is 5.48. The summed E-state index contributed by atoms with van der Waals surface area (Å²) in [4.78, 5) is 27.2. The highest BCUT2D eigenvalue weighted by atomic mass is 32.1. The minimum atomic E-state index is -0.300. The summed E-state index contributed by atoms with van der Waals surface area (Å²) in [5.74, 6) is 2.17. The summed E-state index contributed by atoms with van der Waals surface area (Å²) in [6, 6.07) is 7.16. The average molecular weight is 371 g/mol. The molecule has 134 valence electrons. The average Bonchev–Trinajstić information content (AvgIpc) is 3.31. The van der Waals surface area contributed by atoms with Gasteiger partial charge in [0.1, 0.15) is 23.0 Å². The van der Waals surface area contributed by atoms with Crippen molar-refractivity contribution in [2.75, 3.05) is 5.32 Å². The van der Waals surface area contributed by atoms with Crippen molar-refractivity contribution in [1.29, 1.82) is 0 Å². The summed E-state index contributed by atoms with van der Waals surface area (Å²) in [5.41, 5.74) is 0.616. The monoisotopic (exact) mass is 371 g/mol. The first-order valence-electron chi connectivity index (χ1n) is 7.84. The molecule has 0 aliphatic rings. The second-order valence-corrected chi connectivity index (χ2v) is 6.34. The van der Waals surface area contributed by atoms with Gasteiger partial charge in [0.2, 0.25) is 11.8 Å². The topological polar surface area (TPSA) is 97.4 Å². The van der Waals surface area contributed by atoms with E-state index in [-0.39, 0.29) is 11.8 Å². The van der Waals surface area contributed by atoms with Gasteiger partial charge < -0.3 is 14.2 Å². The maximum absolute atomic E-state index is 12.0. The van der Waals surface area contributed by atoms with Crippen molar-refractivity contribution in [3.63, 3.8) is 0 Å². The number of hydrogen-bond donors (Lipinski definition) is 2. The molecule has 3 heterocycles. The molecule has 0 unspecified atom stereocenters. The predicted molar refractivity (Wildman–Crippen MR) is 98.4 cm³/mol. The van der Waals surface area contributed by atoms with Crippen LogP contribution in [0, 0.1) is 6.92 Å². The summed E-state index contributed by atoms with van der Waals surface area (Å²) in [6.45, 7) is 3.60. The van der Waals surface area contributed by atoms with E-state index in [2.05, 4.69) is 15.6 Å². The van der Waals surface area contributed by atoms with E-state index in [0.717, 1.165) is 5.76 Å². The van der Waals surface area contributed by atoms with Crippen LogP contribution < -0.4 is 10.6 Å². The zero-order chi connectivity index (χ0) is 18.5. The van der Waals surface area contributed by atoms with Crippen LogP contribution in [0.15, 0.2) is 44.6 Å². The standard InChI is InChI=1S/C18H17N3O4S/c1-11-3-4-13(24-11)6-8-17(23)21-18-20-15(10-26-18)16-7-5-14(25-16)9-19-12(2)22/h3-8,10H,9H2,1-2H3,(H,19,22)(H,20,21,23)/b8-6+. The number of furan rings is 2. The zero-order valence-corrected chi connectivity index (χ0v) is 15.1. The van der Waals surface area contributed by atoms with Gasteiger partial charge in [0.15, 0.2) is 10.9 Å². The maximum Gasteiger partial charge on any atom is 0.250 e. The Morgan fingerprint density at radius 3 is 2.81 bits per heavy atom. The summed E-state index contributed by atoms with van der Waals surface area (Å²) < 4.78 is 11.0. The van der Waals surface area contributed by atoms with Crippen LogP contribution in [0.1, 0.15) is 24.2 Å². The first kappa shape index (κ1) is 17.7. The molecule has 0 aromatic carbocycles. The largest absolute Gasteiger partial charge is 0.462 e. The van der Waals surface area contributed by atoms with Gasteiger partial charge >= 0.3 is 0 Å². The summed E-state index contributed by atoms with van der Waals surface area (Å²) >= 11 is 1.30. The number of aryl methyl sites for hydroxylation is 1. The molecule has 0 radical (unpaired) electrons. The Balaban J connectivity index is 1.60. The molecule has 0 saturated carbocycles. The molecule has 26 heavy (non-hydrogen) atoms. The van der Waals surface area contributed by atoms with E-state index in [1.165, 1.54) is 24.3 Å². The van der Waals surface area contributed by atoms with Crippen LogP contribution in [0.2, 0.25) is 0 Å². The van der Waals surface area contributed by atoms with Gasteiger partial charge in [-0.15, -0.1) is 11.3 Å². The summed E-state index contributed by atoms with van der Waals surface area (Å²) in [5, 5.41) is 7.61. The smallest absolute Gasteiger partial charge is 0.250 e. The summed E-state index contributed by atoms with van der Waals surface area (Å²) in [7, 11) is 0. The molecule has 7 nitrogen and oxygen atoms in total. The lowest BCUT2D eigenvalue weighted by Crippen LogP contribution is -2.18. The van der Waals surface area contributed by atoms with E-state index >= 15 is 0 Å². The number of nitrogens with one attached hydrogen (secondary N) is 2. The summed E-state index contributed by atoms with van der Waals surface area (Å²) in [6.07, 6.45) is 2.98. The van der Waals surface area contributed by atoms with E-state index in [4.69, 9.17) is 8.83 Å². The fourth-order valence-corrected chi connectivity index (χ4v) is 2.82. The van der Waals surface area contributed by atoms with Crippen molar-refractivity contribution < 1.29 is 18.4 Å². The molecule has 0 bridgehead atoms. The quantitative estimate of drug-likeness (QED) is 0.645. The van der Waals surface area contributed by atoms with Gasteiger partial charge in [0.05, 0.1) is 6.54 Å². The van der Waals surface area contributed by atoms with Crippen molar-refractivity contribution in [2.45, 2.75) is 20.4 Å². The zero-order valence-electron chi connectivity index (χ0n) is 14.2. The molecule has 0 spiro atoms. The van der Waals surface area contributed by atoms with Gasteiger partial charge in [-0.05, 0) is 37.3 Å². The molecule has 0 aliphatic heterocycles. The lowest BCUT2D eigenvalue weighted by molar-refractivity contribution is -0.119. The van der Waals surface area contributed by atoms with Crippen LogP contribution >= 0.6 is 11.3 Å². The fourth-order valence-electron chi connectivity index (χ4n) is 2.11. The lowest BCUT2D eigenvalue weighted by atomic mass is 10.3. The maximum atomic E-state index is 12.0. The van der Waals surface area contributed by atoms with E-state index in [1.807, 2.05) is 13.0 Å². The van der Waals surface area contributed by atoms with Crippen LogP contribution in [0.5, 0.6) is 0 Å². The van der Waals surface area contributed by atoms with Gasteiger partial charge in [-0.1, -0.05) is 0 Å². The van der Waals surface area contributed by atoms with Gasteiger partial charge in [-0.3, -0.25) is 14.9 Å². The Hall–Kier alpha value is -3.13. The number of carbonyl (C=O) groups is 2. The molecule has 0 atom stereocenters. The van der Waals surface area contributed by atoms with Crippen LogP contribution in [-0.4, -0.2) is 16.8 Å². The Kier molecular flexibility index (Phi) is 5.33. The minimum absolute atomic E-state index is 0.126. The van der Waals surface area contributed by atoms with Crippen molar-refractivity contribution in [1.82, 2.24) is 10.3 Å². The Morgan fingerprint density at radius 1 is 1.23 bits per heavy atom. The number of aromatic nitrogens is 1. The Morgan fingerprint density at radius 2 is 2.08 bits per heavy atom. The van der Waals surface area contributed by atoms with Crippen LogP contribution in [0.4, 0.5) is 5.13 Å². The third-order valence-corrected chi connectivity index (χ3v) is 4.08. The van der Waals surface area contributed by atoms with Crippen molar-refractivity contribution in [3.8, 4) is 11.5 Å². The number of anilines is 1. The van der Waals surface area contributed by atoms with Crippen molar-refractivity contribution >= 4 is 34.4 Å². The SMILES string of the molecule is CC(=O)NCc1ccc(-c2csc(NC(=O)/C=C/c3ccc(C)o3)n2)o1. The third kappa shape index (κ3) is 4.70. The molecular formula is C18H17N3O4S. The van der Waals surface area contributed by atoms with E-state index in [9.17, 15) is 9.59 Å². The Labute approximate surface area is 153 Å². The molecule has 2 N–H and O–H groups in total. The molecule has 3 rings (SSSR count). The molecule has 3 aromatic rings. The van der Waals surface area contributed by atoms with Crippen LogP contribution in [0.3, 0.4) is 0 Å². The molecular weight excluding hydrogens is 354 g/mol. The predicted octanol–water partition coefficient (Wildman–Crippen LogP) is 3.59. The van der Waals surface area contributed by atoms with Crippen molar-refractivity contribution in [3.05, 3.63) is 53.0 Å². The second kappa shape index (κ2) is 7.83. The van der Waals surface area contributed by atoms with E-state index in [0.29, 0.717) is 34.7 Å². The van der Waals surface area contributed by atoms with Crippen LogP contribution in [0.25, 0.3) is 17.5 Å². The normalized spacial score (nSPS) is 11.0. The van der Waals surface area contributed by atoms with Crippen molar-refractivity contribution in [2.24, 2.45) is 0 Å². The fraction of sp³-hybridized carbons (Fsp3) is 0.167. The first-order valence-corrected chi connectivity index (χ1v) is 8.72. The van der Waals surface area contributed by atoms with Gasteiger partial charge in [0.25, 0.3) is 0 Å². The minimum Gasteiger partial charge on any atom is -0.462 e.